The van der Waals surface area contributed by atoms with Crippen molar-refractivity contribution in [2.45, 2.75) is 12.8 Å². The Kier molecular flexibility index (Phi) is 4.52. The molecule has 0 fully saturated rings. The van der Waals surface area contributed by atoms with Gasteiger partial charge < -0.3 is 5.32 Å². The Morgan fingerprint density at radius 2 is 1.83 bits per heavy atom. The summed E-state index contributed by atoms with van der Waals surface area (Å²) in [6, 6.07) is 19.5. The van der Waals surface area contributed by atoms with Gasteiger partial charge in [-0.1, -0.05) is 37.3 Å². The average molecular weight is 305 g/mol. The zero-order chi connectivity index (χ0) is 16.1. The monoisotopic (exact) mass is 305 g/mol. The number of carbonyl (C=O) groups excluding carboxylic acids is 1. The van der Waals surface area contributed by atoms with Crippen LogP contribution in [0.2, 0.25) is 0 Å². The van der Waals surface area contributed by atoms with Crippen LogP contribution in [0.1, 0.15) is 28.8 Å². The molecule has 0 aliphatic carbocycles. The molecule has 0 bridgehead atoms. The minimum Gasteiger partial charge on any atom is -0.351 e. The van der Waals surface area contributed by atoms with Gasteiger partial charge in [0.05, 0.1) is 5.69 Å². The topological polar surface area (TPSA) is 46.9 Å². The molecule has 0 saturated carbocycles. The number of hydrogen-bond donors (Lipinski definition) is 1. The molecule has 3 rings (SSSR count). The fourth-order valence-electron chi connectivity index (χ4n) is 2.43. The fourth-order valence-corrected chi connectivity index (χ4v) is 2.43. The Balaban J connectivity index is 1.60. The van der Waals surface area contributed by atoms with E-state index in [-0.39, 0.29) is 11.8 Å². The molecule has 1 aromatic heterocycles. The summed E-state index contributed by atoms with van der Waals surface area (Å²) in [7, 11) is 0. The summed E-state index contributed by atoms with van der Waals surface area (Å²) >= 11 is 0. The van der Waals surface area contributed by atoms with E-state index in [1.807, 2.05) is 54.7 Å². The first-order valence-corrected chi connectivity index (χ1v) is 7.67. The molecule has 0 spiro atoms. The lowest BCUT2D eigenvalue weighted by Crippen LogP contribution is -2.27. The molecular weight excluding hydrogens is 286 g/mol. The van der Waals surface area contributed by atoms with Gasteiger partial charge in [0.25, 0.3) is 5.91 Å². The van der Waals surface area contributed by atoms with E-state index in [2.05, 4.69) is 29.5 Å². The highest BCUT2D eigenvalue weighted by molar-refractivity contribution is 5.94. The number of hydrogen-bond acceptors (Lipinski definition) is 2. The highest BCUT2D eigenvalue weighted by Crippen LogP contribution is 2.14. The van der Waals surface area contributed by atoms with Gasteiger partial charge in [0.2, 0.25) is 0 Å². The summed E-state index contributed by atoms with van der Waals surface area (Å²) in [5, 5.41) is 7.16. The molecule has 0 radical (unpaired) electrons. The predicted octanol–water partition coefficient (Wildman–Crippen LogP) is 3.41. The largest absolute Gasteiger partial charge is 0.351 e. The maximum atomic E-state index is 12.2. The van der Waals surface area contributed by atoms with Crippen molar-refractivity contribution in [1.82, 2.24) is 15.1 Å². The fraction of sp³-hybridized carbons (Fsp3) is 0.158. The number of benzene rings is 2. The molecule has 116 valence electrons. The predicted molar refractivity (Wildman–Crippen MR) is 90.8 cm³/mol. The number of nitrogens with zero attached hydrogens (tertiary/aromatic N) is 2. The van der Waals surface area contributed by atoms with E-state index in [1.165, 1.54) is 5.56 Å². The molecule has 23 heavy (non-hydrogen) atoms. The molecule has 0 saturated heterocycles. The van der Waals surface area contributed by atoms with Crippen LogP contribution in [0.25, 0.3) is 5.69 Å². The molecule has 1 heterocycles. The molecule has 1 atom stereocenters. The van der Waals surface area contributed by atoms with Crippen molar-refractivity contribution in [2.24, 2.45) is 0 Å². The maximum Gasteiger partial charge on any atom is 0.251 e. The van der Waals surface area contributed by atoms with Crippen LogP contribution in [0.4, 0.5) is 0 Å². The first-order chi connectivity index (χ1) is 11.2. The molecule has 1 N–H and O–H groups in total. The summed E-state index contributed by atoms with van der Waals surface area (Å²) in [5.41, 5.74) is 2.81. The molecule has 1 amide bonds. The summed E-state index contributed by atoms with van der Waals surface area (Å²) in [6.45, 7) is 2.72. The highest BCUT2D eigenvalue weighted by atomic mass is 16.1. The standard InChI is InChI=1S/C19H19N3O/c1-15(16-6-3-2-4-7-16)14-20-19(23)17-8-10-18(11-9-17)22-13-5-12-21-22/h2-13,15H,14H2,1H3,(H,20,23). The zero-order valence-corrected chi connectivity index (χ0v) is 13.0. The summed E-state index contributed by atoms with van der Waals surface area (Å²) < 4.78 is 1.76. The van der Waals surface area contributed by atoms with Crippen LogP contribution >= 0.6 is 0 Å². The van der Waals surface area contributed by atoms with Gasteiger partial charge in [-0.2, -0.15) is 5.10 Å². The van der Waals surface area contributed by atoms with E-state index in [0.717, 1.165) is 5.69 Å². The van der Waals surface area contributed by atoms with Gasteiger partial charge in [-0.15, -0.1) is 0 Å². The average Bonchev–Trinajstić information content (AvgIpc) is 3.15. The van der Waals surface area contributed by atoms with Gasteiger partial charge in [-0.25, -0.2) is 4.68 Å². The second-order valence-electron chi connectivity index (χ2n) is 5.52. The third-order valence-electron chi connectivity index (χ3n) is 3.84. The molecule has 4 nitrogen and oxygen atoms in total. The van der Waals surface area contributed by atoms with Crippen molar-refractivity contribution in [1.29, 1.82) is 0 Å². The number of aromatic nitrogens is 2. The van der Waals surface area contributed by atoms with Crippen molar-refractivity contribution in [3.63, 3.8) is 0 Å². The molecule has 0 aliphatic heterocycles. The Hall–Kier alpha value is -2.88. The lowest BCUT2D eigenvalue weighted by Gasteiger charge is -2.13. The Bertz CT molecular complexity index is 749. The minimum atomic E-state index is -0.0557. The van der Waals surface area contributed by atoms with Gasteiger partial charge in [0, 0.05) is 24.5 Å². The van der Waals surface area contributed by atoms with Crippen LogP contribution in [0, 0.1) is 0 Å². The molecule has 1 unspecified atom stereocenters. The second-order valence-corrected chi connectivity index (χ2v) is 5.52. The third kappa shape index (κ3) is 3.66. The van der Waals surface area contributed by atoms with E-state index >= 15 is 0 Å². The third-order valence-corrected chi connectivity index (χ3v) is 3.84. The first-order valence-electron chi connectivity index (χ1n) is 7.67. The van der Waals surface area contributed by atoms with E-state index in [4.69, 9.17) is 0 Å². The van der Waals surface area contributed by atoms with Crippen molar-refractivity contribution in [3.8, 4) is 5.69 Å². The Morgan fingerprint density at radius 3 is 2.48 bits per heavy atom. The number of amides is 1. The van der Waals surface area contributed by atoms with Gasteiger partial charge in [0.15, 0.2) is 0 Å². The minimum absolute atomic E-state index is 0.0557. The normalized spacial score (nSPS) is 11.9. The molecule has 0 aliphatic rings. The number of nitrogens with one attached hydrogen (secondary N) is 1. The van der Waals surface area contributed by atoms with E-state index in [1.54, 1.807) is 10.9 Å². The van der Waals surface area contributed by atoms with Crippen LogP contribution in [-0.2, 0) is 0 Å². The van der Waals surface area contributed by atoms with Crippen LogP contribution in [-0.4, -0.2) is 22.2 Å². The van der Waals surface area contributed by atoms with Gasteiger partial charge in [0.1, 0.15) is 0 Å². The molecule has 2 aromatic carbocycles. The van der Waals surface area contributed by atoms with Crippen LogP contribution in [0.5, 0.6) is 0 Å². The maximum absolute atomic E-state index is 12.2. The van der Waals surface area contributed by atoms with Crippen LogP contribution < -0.4 is 5.32 Å². The SMILES string of the molecule is CC(CNC(=O)c1ccc(-n2cccn2)cc1)c1ccccc1. The van der Waals surface area contributed by atoms with Crippen molar-refractivity contribution < 1.29 is 4.79 Å². The van der Waals surface area contributed by atoms with Gasteiger partial charge >= 0.3 is 0 Å². The lowest BCUT2D eigenvalue weighted by atomic mass is 10.0. The quantitative estimate of drug-likeness (QED) is 0.785. The first kappa shape index (κ1) is 15.0. The van der Waals surface area contributed by atoms with Crippen molar-refractivity contribution >= 4 is 5.91 Å². The number of carbonyl (C=O) groups is 1. The van der Waals surface area contributed by atoms with E-state index < -0.39 is 0 Å². The summed E-state index contributed by atoms with van der Waals surface area (Å²) in [6.07, 6.45) is 3.60. The summed E-state index contributed by atoms with van der Waals surface area (Å²) in [4.78, 5) is 12.2. The van der Waals surface area contributed by atoms with Crippen molar-refractivity contribution in [2.75, 3.05) is 6.54 Å². The van der Waals surface area contributed by atoms with Gasteiger partial charge in [-0.05, 0) is 41.8 Å². The smallest absolute Gasteiger partial charge is 0.251 e. The van der Waals surface area contributed by atoms with Crippen LogP contribution in [0.15, 0.2) is 73.1 Å². The van der Waals surface area contributed by atoms with Crippen LogP contribution in [0.3, 0.4) is 0 Å². The summed E-state index contributed by atoms with van der Waals surface area (Å²) in [5.74, 6) is 0.225. The van der Waals surface area contributed by atoms with E-state index in [0.29, 0.717) is 12.1 Å². The Labute approximate surface area is 135 Å². The molecule has 3 aromatic rings. The molecular formula is C19H19N3O. The van der Waals surface area contributed by atoms with E-state index in [9.17, 15) is 4.79 Å². The lowest BCUT2D eigenvalue weighted by molar-refractivity contribution is 0.0951. The van der Waals surface area contributed by atoms with Gasteiger partial charge in [-0.3, -0.25) is 4.79 Å². The zero-order valence-electron chi connectivity index (χ0n) is 13.0. The Morgan fingerprint density at radius 1 is 1.09 bits per heavy atom. The van der Waals surface area contributed by atoms with Crippen molar-refractivity contribution in [3.05, 3.63) is 84.2 Å². The molecule has 4 heteroatoms. The highest BCUT2D eigenvalue weighted by Gasteiger charge is 2.09. The second kappa shape index (κ2) is 6.92. The number of rotatable bonds is 5.